The molecule has 1 atom stereocenters. The molecule has 2 heterocycles. The molecule has 0 saturated carbocycles. The van der Waals surface area contributed by atoms with E-state index in [-0.39, 0.29) is 17.4 Å². The van der Waals surface area contributed by atoms with Crippen molar-refractivity contribution in [3.8, 4) is 0 Å². The molecule has 3 rings (SSSR count). The Bertz CT molecular complexity index is 706. The second kappa shape index (κ2) is 4.50. The van der Waals surface area contributed by atoms with Gasteiger partial charge in [-0.2, -0.15) is 0 Å². The Balaban J connectivity index is 2.06. The number of fused-ring (bicyclic) bond motifs is 1. The van der Waals surface area contributed by atoms with Gasteiger partial charge in [0.1, 0.15) is 5.76 Å². The van der Waals surface area contributed by atoms with Gasteiger partial charge in [-0.25, -0.2) is 4.39 Å². The van der Waals surface area contributed by atoms with Crippen LogP contribution in [-0.2, 0) is 0 Å². The van der Waals surface area contributed by atoms with E-state index in [1.165, 1.54) is 6.07 Å². The Morgan fingerprint density at radius 2 is 2.17 bits per heavy atom. The second-order valence-electron chi connectivity index (χ2n) is 3.95. The van der Waals surface area contributed by atoms with Gasteiger partial charge in [0.05, 0.1) is 6.04 Å². The van der Waals surface area contributed by atoms with Crippen LogP contribution in [0.25, 0.3) is 11.0 Å². The summed E-state index contributed by atoms with van der Waals surface area (Å²) >= 11 is 4.92. The van der Waals surface area contributed by atoms with E-state index in [0.29, 0.717) is 5.76 Å². The van der Waals surface area contributed by atoms with E-state index in [2.05, 4.69) is 15.9 Å². The summed E-state index contributed by atoms with van der Waals surface area (Å²) in [6.45, 7) is 0. The van der Waals surface area contributed by atoms with Gasteiger partial charge in [0.15, 0.2) is 11.4 Å². The Kier molecular flexibility index (Phi) is 2.97. The lowest BCUT2D eigenvalue weighted by molar-refractivity contribution is 0.504. The zero-order valence-corrected chi connectivity index (χ0v) is 11.6. The van der Waals surface area contributed by atoms with Crippen LogP contribution in [0.3, 0.4) is 0 Å². The average Bonchev–Trinajstić information content (AvgIpc) is 2.95. The van der Waals surface area contributed by atoms with Crippen molar-refractivity contribution >= 4 is 38.2 Å². The van der Waals surface area contributed by atoms with E-state index in [1.54, 1.807) is 23.5 Å². The minimum atomic E-state index is -0.367. The molecule has 0 radical (unpaired) electrons. The fraction of sp³-hybridized carbons (Fsp3) is 0.0769. The molecular weight excluding hydrogens is 317 g/mol. The third-order valence-corrected chi connectivity index (χ3v) is 4.49. The molecule has 2 N–H and O–H groups in total. The normalized spacial score (nSPS) is 13.1. The topological polar surface area (TPSA) is 39.2 Å². The maximum Gasteiger partial charge on any atom is 0.169 e. The number of hydrogen-bond acceptors (Lipinski definition) is 3. The van der Waals surface area contributed by atoms with Gasteiger partial charge in [0.2, 0.25) is 0 Å². The molecule has 0 bridgehead atoms. The summed E-state index contributed by atoms with van der Waals surface area (Å²) in [4.78, 5) is 0.973. The summed E-state index contributed by atoms with van der Waals surface area (Å²) in [6, 6.07) is 8.21. The van der Waals surface area contributed by atoms with E-state index in [9.17, 15) is 4.39 Å². The monoisotopic (exact) mass is 325 g/mol. The van der Waals surface area contributed by atoms with Crippen molar-refractivity contribution < 1.29 is 8.81 Å². The number of benzene rings is 1. The van der Waals surface area contributed by atoms with Gasteiger partial charge in [0, 0.05) is 20.1 Å². The molecule has 1 unspecified atom stereocenters. The quantitative estimate of drug-likeness (QED) is 0.756. The van der Waals surface area contributed by atoms with Crippen molar-refractivity contribution in [3.05, 3.63) is 56.6 Å². The van der Waals surface area contributed by atoms with Crippen molar-refractivity contribution in [3.63, 3.8) is 0 Å². The largest absolute Gasteiger partial charge is 0.456 e. The van der Waals surface area contributed by atoms with E-state index < -0.39 is 0 Å². The van der Waals surface area contributed by atoms with E-state index in [4.69, 9.17) is 10.2 Å². The van der Waals surface area contributed by atoms with Gasteiger partial charge in [-0.05, 0) is 34.1 Å². The van der Waals surface area contributed by atoms with Gasteiger partial charge in [0.25, 0.3) is 0 Å². The number of nitrogens with two attached hydrogens (primary N) is 1. The summed E-state index contributed by atoms with van der Waals surface area (Å²) in [5.41, 5.74) is 6.38. The molecule has 2 aromatic heterocycles. The number of para-hydroxylation sites is 1. The number of thiophene rings is 1. The Hall–Kier alpha value is -1.17. The first-order valence-electron chi connectivity index (χ1n) is 5.32. The smallest absolute Gasteiger partial charge is 0.169 e. The summed E-state index contributed by atoms with van der Waals surface area (Å²) in [5.74, 6) is 0.211. The molecule has 3 aromatic rings. The number of furan rings is 1. The van der Waals surface area contributed by atoms with Crippen LogP contribution in [0.4, 0.5) is 4.39 Å². The van der Waals surface area contributed by atoms with Gasteiger partial charge in [-0.15, -0.1) is 11.3 Å². The summed E-state index contributed by atoms with van der Waals surface area (Å²) < 4.78 is 20.0. The van der Waals surface area contributed by atoms with Crippen LogP contribution in [0.5, 0.6) is 0 Å². The van der Waals surface area contributed by atoms with Crippen molar-refractivity contribution in [2.75, 3.05) is 0 Å². The molecule has 0 aliphatic rings. The predicted molar refractivity (Wildman–Crippen MR) is 74.2 cm³/mol. The summed E-state index contributed by atoms with van der Waals surface area (Å²) in [5, 5.41) is 2.69. The summed E-state index contributed by atoms with van der Waals surface area (Å²) in [6.07, 6.45) is 0. The van der Waals surface area contributed by atoms with Crippen LogP contribution in [0.2, 0.25) is 0 Å². The van der Waals surface area contributed by atoms with Crippen LogP contribution in [-0.4, -0.2) is 0 Å². The predicted octanol–water partition coefficient (Wildman–Crippen LogP) is 4.44. The van der Waals surface area contributed by atoms with Crippen LogP contribution in [0, 0.1) is 5.82 Å². The van der Waals surface area contributed by atoms with E-state index in [0.717, 1.165) is 14.7 Å². The van der Waals surface area contributed by atoms with Crippen molar-refractivity contribution in [1.82, 2.24) is 0 Å². The molecule has 5 heteroatoms. The Morgan fingerprint density at radius 1 is 1.33 bits per heavy atom. The van der Waals surface area contributed by atoms with Gasteiger partial charge in [-0.1, -0.05) is 12.1 Å². The van der Waals surface area contributed by atoms with Gasteiger partial charge in [-0.3, -0.25) is 0 Å². The lowest BCUT2D eigenvalue weighted by Crippen LogP contribution is -2.08. The zero-order valence-electron chi connectivity index (χ0n) is 9.19. The van der Waals surface area contributed by atoms with Crippen molar-refractivity contribution in [2.45, 2.75) is 6.04 Å². The summed E-state index contributed by atoms with van der Waals surface area (Å²) in [7, 11) is 0. The highest BCUT2D eigenvalue weighted by molar-refractivity contribution is 9.10. The highest BCUT2D eigenvalue weighted by Gasteiger charge is 2.17. The fourth-order valence-corrected chi connectivity index (χ4v) is 3.29. The molecule has 0 saturated heterocycles. The molecule has 2 nitrogen and oxygen atoms in total. The van der Waals surface area contributed by atoms with Crippen LogP contribution >= 0.6 is 27.3 Å². The molecule has 1 aromatic carbocycles. The SMILES string of the molecule is NC(c1cc2cccc(F)c2o1)c1cc(Br)cs1. The van der Waals surface area contributed by atoms with E-state index in [1.807, 2.05) is 17.5 Å². The lowest BCUT2D eigenvalue weighted by Gasteiger charge is -2.04. The number of hydrogen-bond donors (Lipinski definition) is 1. The molecule has 0 spiro atoms. The maximum absolute atomic E-state index is 13.5. The third-order valence-electron chi connectivity index (χ3n) is 2.72. The first-order chi connectivity index (χ1) is 8.65. The highest BCUT2D eigenvalue weighted by atomic mass is 79.9. The number of rotatable bonds is 2. The average molecular weight is 326 g/mol. The second-order valence-corrected chi connectivity index (χ2v) is 5.81. The fourth-order valence-electron chi connectivity index (χ4n) is 1.83. The van der Waals surface area contributed by atoms with Crippen molar-refractivity contribution in [2.24, 2.45) is 5.73 Å². The lowest BCUT2D eigenvalue weighted by atomic mass is 10.2. The first-order valence-corrected chi connectivity index (χ1v) is 7.00. The molecule has 18 heavy (non-hydrogen) atoms. The molecule has 92 valence electrons. The Labute approximate surface area is 115 Å². The third kappa shape index (κ3) is 1.98. The molecule has 0 aliphatic carbocycles. The minimum Gasteiger partial charge on any atom is -0.456 e. The van der Waals surface area contributed by atoms with E-state index >= 15 is 0 Å². The molecular formula is C13H9BrFNOS. The van der Waals surface area contributed by atoms with Crippen LogP contribution in [0.1, 0.15) is 16.7 Å². The zero-order chi connectivity index (χ0) is 12.7. The molecule has 0 amide bonds. The van der Waals surface area contributed by atoms with Gasteiger partial charge >= 0.3 is 0 Å². The molecule has 0 aliphatic heterocycles. The standard InChI is InChI=1S/C13H9BrFNOS/c14-8-5-11(18-6-8)12(16)10-4-7-2-1-3-9(15)13(7)17-10/h1-6,12H,16H2. The Morgan fingerprint density at radius 3 is 2.83 bits per heavy atom. The first kappa shape index (κ1) is 11.9. The van der Waals surface area contributed by atoms with Crippen LogP contribution < -0.4 is 5.73 Å². The maximum atomic E-state index is 13.5. The number of halogens is 2. The van der Waals surface area contributed by atoms with Gasteiger partial charge < -0.3 is 10.2 Å². The highest BCUT2D eigenvalue weighted by Crippen LogP contribution is 2.32. The molecule has 0 fully saturated rings. The van der Waals surface area contributed by atoms with Crippen molar-refractivity contribution in [1.29, 1.82) is 0 Å². The van der Waals surface area contributed by atoms with Crippen LogP contribution in [0.15, 0.2) is 44.6 Å². The minimum absolute atomic E-state index is 0.263.